The molecule has 0 heterocycles. The molecule has 0 saturated carbocycles. The van der Waals surface area contributed by atoms with Crippen LogP contribution in [-0.2, 0) is 96.1 Å². The topological polar surface area (TPSA) is 300 Å². The summed E-state index contributed by atoms with van der Waals surface area (Å²) in [6.07, 6.45) is -2.37. The van der Waals surface area contributed by atoms with Gasteiger partial charge in [-0.25, -0.2) is 0 Å². The van der Waals surface area contributed by atoms with E-state index in [1.54, 1.807) is 83.1 Å². The zero-order chi connectivity index (χ0) is 52.1. The van der Waals surface area contributed by atoms with Crippen LogP contribution in [0.15, 0.2) is 0 Å². The lowest BCUT2D eigenvalue weighted by Crippen LogP contribution is -2.49. The number of hydrogen-bond acceptors (Lipinski definition) is 21. The molecule has 0 fully saturated rings. The summed E-state index contributed by atoms with van der Waals surface area (Å²) in [5.74, 6) is -2.64. The van der Waals surface area contributed by atoms with Crippen LogP contribution in [0.5, 0.6) is 0 Å². The van der Waals surface area contributed by atoms with Crippen molar-refractivity contribution >= 4 is 63.3 Å². The van der Waals surface area contributed by atoms with E-state index in [0.717, 1.165) is 0 Å². The SMILES string of the molecule is CCOP(=O)(OCC)C(CCNC(=O)CC(NC(=O)CCC(P(=O)(OCC)OCC)P(=O)(OCC)OCC)C(=O)NCCC(P(=O)(OCC)OCC)P(=O)(OCC)OCC)P(=O)(OCC)OCC. The number of carbonyl (C=O) groups excluding carboxylic acids is 3. The van der Waals surface area contributed by atoms with Crippen LogP contribution >= 0.6 is 45.6 Å². The average molecular weight is 1100 g/mol. The summed E-state index contributed by atoms with van der Waals surface area (Å²) in [6, 6.07) is -1.65. The minimum atomic E-state index is -4.28. The van der Waals surface area contributed by atoms with Gasteiger partial charge in [-0.05, 0) is 102 Å². The first-order valence-electron chi connectivity index (χ1n) is 23.3. The Balaban J connectivity index is 7.08. The van der Waals surface area contributed by atoms with Crippen LogP contribution in [0.3, 0.4) is 0 Å². The fraction of sp³-hybridized carbons (Fsp3) is 0.921. The van der Waals surface area contributed by atoms with Crippen molar-refractivity contribution in [1.82, 2.24) is 16.0 Å². The molecule has 0 aliphatic carbocycles. The quantitative estimate of drug-likeness (QED) is 0.0479. The second kappa shape index (κ2) is 34.7. The molecule has 0 aromatic rings. The number of rotatable bonds is 43. The van der Waals surface area contributed by atoms with Gasteiger partial charge < -0.3 is 70.2 Å². The summed E-state index contributed by atoms with van der Waals surface area (Å²) in [4.78, 5) is 41.5. The van der Waals surface area contributed by atoms with Crippen molar-refractivity contribution in [3.63, 3.8) is 0 Å². The molecule has 3 N–H and O–H groups in total. The van der Waals surface area contributed by atoms with Crippen molar-refractivity contribution in [3.8, 4) is 0 Å². The zero-order valence-corrected chi connectivity index (χ0v) is 47.4. The Morgan fingerprint density at radius 2 is 0.588 bits per heavy atom. The maximum Gasteiger partial charge on any atom is 0.345 e. The van der Waals surface area contributed by atoms with Gasteiger partial charge in [0.2, 0.25) is 17.7 Å². The van der Waals surface area contributed by atoms with Crippen molar-refractivity contribution in [2.45, 2.75) is 137 Å². The molecule has 30 heteroatoms. The van der Waals surface area contributed by atoms with Crippen LogP contribution in [-0.4, -0.2) is 132 Å². The Morgan fingerprint density at radius 1 is 0.353 bits per heavy atom. The maximum absolute atomic E-state index is 14.1. The van der Waals surface area contributed by atoms with Crippen LogP contribution < -0.4 is 16.0 Å². The molecule has 3 amide bonds. The largest absolute Gasteiger partial charge is 0.356 e. The molecule has 68 heavy (non-hydrogen) atoms. The average Bonchev–Trinajstić information content (AvgIpc) is 3.24. The third-order valence-electron chi connectivity index (χ3n) is 9.00. The summed E-state index contributed by atoms with van der Waals surface area (Å²) in [5.41, 5.74) is 0. The van der Waals surface area contributed by atoms with E-state index in [2.05, 4.69) is 16.0 Å². The highest BCUT2D eigenvalue weighted by molar-refractivity contribution is 7.73. The maximum atomic E-state index is 14.1. The van der Waals surface area contributed by atoms with Crippen LogP contribution in [0, 0.1) is 0 Å². The Bertz CT molecular complexity index is 1630. The van der Waals surface area contributed by atoms with Crippen LogP contribution in [0.4, 0.5) is 0 Å². The zero-order valence-electron chi connectivity index (χ0n) is 42.0. The molecule has 1 atom stereocenters. The second-order valence-corrected chi connectivity index (χ2v) is 28.3. The van der Waals surface area contributed by atoms with Crippen molar-refractivity contribution in [3.05, 3.63) is 0 Å². The van der Waals surface area contributed by atoms with E-state index < -0.39 is 105 Å². The first kappa shape index (κ1) is 67.3. The minimum Gasteiger partial charge on any atom is -0.356 e. The van der Waals surface area contributed by atoms with E-state index >= 15 is 0 Å². The molecule has 24 nitrogen and oxygen atoms in total. The second-order valence-electron chi connectivity index (χ2n) is 13.8. The molecule has 0 aliphatic rings. The number of nitrogens with one attached hydrogen (secondary N) is 3. The molecule has 0 aromatic heterocycles. The summed E-state index contributed by atoms with van der Waals surface area (Å²) in [5, 5.41) is 3.10. The lowest BCUT2D eigenvalue weighted by Gasteiger charge is -2.31. The number of hydrogen-bond donors (Lipinski definition) is 3. The molecule has 404 valence electrons. The van der Waals surface area contributed by atoms with Gasteiger partial charge in [-0.1, -0.05) is 0 Å². The molecule has 0 saturated heterocycles. The Labute approximate surface area is 404 Å². The lowest BCUT2D eigenvalue weighted by molar-refractivity contribution is -0.131. The van der Waals surface area contributed by atoms with Gasteiger partial charge in [-0.2, -0.15) is 0 Å². The lowest BCUT2D eigenvalue weighted by atomic mass is 10.1. The predicted molar refractivity (Wildman–Crippen MR) is 258 cm³/mol. The van der Waals surface area contributed by atoms with Crippen LogP contribution in [0.1, 0.15) is 115 Å². The van der Waals surface area contributed by atoms with Gasteiger partial charge in [0, 0.05) is 19.5 Å². The summed E-state index contributed by atoms with van der Waals surface area (Å²) < 4.78 is 151. The smallest absolute Gasteiger partial charge is 0.345 e. The van der Waals surface area contributed by atoms with E-state index in [1.807, 2.05) is 0 Å². The molecule has 0 rings (SSSR count). The third-order valence-corrected chi connectivity index (χ3v) is 27.4. The molecule has 0 spiro atoms. The van der Waals surface area contributed by atoms with Gasteiger partial charge in [0.05, 0.1) is 85.7 Å². The number of carbonyl (C=O) groups is 3. The predicted octanol–water partition coefficient (Wildman–Crippen LogP) is 9.23. The van der Waals surface area contributed by atoms with Crippen molar-refractivity contribution in [2.75, 3.05) is 92.4 Å². The molecule has 0 radical (unpaired) electrons. The summed E-state index contributed by atoms with van der Waals surface area (Å²) in [6.45, 7) is 16.8. The minimum absolute atomic E-state index is 0.0798. The molecular formula is C38H81N3O21P6. The monoisotopic (exact) mass is 1100 g/mol. The molecular weight excluding hydrogens is 1020 g/mol. The molecule has 0 bridgehead atoms. The van der Waals surface area contributed by atoms with Gasteiger partial charge >= 0.3 is 45.6 Å². The van der Waals surface area contributed by atoms with Crippen molar-refractivity contribution in [2.24, 2.45) is 0 Å². The van der Waals surface area contributed by atoms with Gasteiger partial charge in [0.15, 0.2) is 16.2 Å². The van der Waals surface area contributed by atoms with Crippen molar-refractivity contribution in [1.29, 1.82) is 0 Å². The number of amides is 3. The summed E-state index contributed by atoms with van der Waals surface area (Å²) in [7, 11) is -25.4. The molecule has 0 aromatic carbocycles. The summed E-state index contributed by atoms with van der Waals surface area (Å²) >= 11 is 0. The van der Waals surface area contributed by atoms with Gasteiger partial charge in [0.25, 0.3) is 0 Å². The van der Waals surface area contributed by atoms with E-state index in [-0.39, 0.29) is 105 Å². The fourth-order valence-electron chi connectivity index (χ4n) is 6.67. The highest BCUT2D eigenvalue weighted by atomic mass is 31.3. The Morgan fingerprint density at radius 3 is 0.838 bits per heavy atom. The van der Waals surface area contributed by atoms with Gasteiger partial charge in [-0.3, -0.25) is 41.8 Å². The first-order chi connectivity index (χ1) is 32.1. The highest BCUT2D eigenvalue weighted by Gasteiger charge is 2.53. The van der Waals surface area contributed by atoms with Crippen LogP contribution in [0.25, 0.3) is 0 Å². The Hall–Kier alpha value is -0.690. The molecule has 1 unspecified atom stereocenters. The van der Waals surface area contributed by atoms with Crippen LogP contribution in [0.2, 0.25) is 0 Å². The van der Waals surface area contributed by atoms with Crippen molar-refractivity contribution < 1.29 is 96.1 Å². The normalized spacial score (nSPS) is 13.6. The first-order valence-corrected chi connectivity index (χ1v) is 32.9. The van der Waals surface area contributed by atoms with Gasteiger partial charge in [0.1, 0.15) is 6.04 Å². The van der Waals surface area contributed by atoms with E-state index in [1.165, 1.54) is 0 Å². The van der Waals surface area contributed by atoms with E-state index in [4.69, 9.17) is 54.3 Å². The highest BCUT2D eigenvalue weighted by Crippen LogP contribution is 2.73. The molecule has 0 aliphatic heterocycles. The third kappa shape index (κ3) is 21.4. The van der Waals surface area contributed by atoms with E-state index in [0.29, 0.717) is 0 Å². The van der Waals surface area contributed by atoms with E-state index in [9.17, 15) is 41.8 Å². The fourth-order valence-corrected chi connectivity index (χ4v) is 22.7. The standard InChI is InChI=1S/C38H81N3O21P6/c1-13-51-63(45,52-14-2)35(64(46,53-15-3)54-16-4)26-25-33(42)41-32(38(44)40-30-28-37(67(49,59-21-9)60-22-10)68(50,61-23-11)62-24-12)31-34(43)39-29-27-36(65(47,55-17-5)56-18-6)66(48,57-19-7)58-20-8/h32,35-37H,13-31H2,1-12H3,(H,39,43)(H,40,44)(H,41,42). The van der Waals surface area contributed by atoms with Gasteiger partial charge in [-0.15, -0.1) is 0 Å². The Kier molecular flexibility index (Phi) is 34.3.